The van der Waals surface area contributed by atoms with Gasteiger partial charge in [-0.3, -0.25) is 9.59 Å². The fourth-order valence-electron chi connectivity index (χ4n) is 7.51. The van der Waals surface area contributed by atoms with Crippen LogP contribution in [0.2, 0.25) is 0 Å². The second kappa shape index (κ2) is 45.3. The molecular weight excluding hydrogens is 683 g/mol. The molecular formula is C49H95NO5. The molecule has 0 aromatic heterocycles. The maximum absolute atomic E-state index is 12.4. The number of ether oxygens (including phenoxy) is 1. The van der Waals surface area contributed by atoms with Gasteiger partial charge < -0.3 is 20.3 Å². The molecule has 0 fully saturated rings. The largest absolute Gasteiger partial charge is 0.466 e. The molecule has 0 bridgehead atoms. The van der Waals surface area contributed by atoms with E-state index in [4.69, 9.17) is 4.74 Å². The summed E-state index contributed by atoms with van der Waals surface area (Å²) in [7, 11) is 0. The summed E-state index contributed by atoms with van der Waals surface area (Å²) in [5, 5.41) is 23.1. The summed E-state index contributed by atoms with van der Waals surface area (Å²) in [5.74, 6) is -0.0694. The van der Waals surface area contributed by atoms with Gasteiger partial charge in [-0.15, -0.1) is 0 Å². The number of aliphatic hydroxyl groups is 2. The Labute approximate surface area is 342 Å². The summed E-state index contributed by atoms with van der Waals surface area (Å²) >= 11 is 0. The molecule has 0 saturated carbocycles. The standard InChI is InChI=1S/C49H95NO5/c1-3-5-7-9-11-13-15-16-17-18-19-23-27-31-35-39-43-49(54)55-44-40-36-32-28-24-21-20-22-26-30-34-38-42-48(53)50-46(45-51)47(52)41-37-33-29-25-14-12-10-8-6-4-2/h17-18,46-47,51-52H,3-16,19-45H2,1-2H3,(H,50,53)/b18-17-. The van der Waals surface area contributed by atoms with E-state index in [1.54, 1.807) is 0 Å². The zero-order valence-corrected chi connectivity index (χ0v) is 36.9. The molecule has 0 aliphatic heterocycles. The number of unbranched alkanes of at least 4 members (excludes halogenated alkanes) is 32. The first-order valence-corrected chi connectivity index (χ1v) is 24.4. The Balaban J connectivity index is 3.44. The minimum Gasteiger partial charge on any atom is -0.466 e. The first kappa shape index (κ1) is 53.6. The van der Waals surface area contributed by atoms with Crippen LogP contribution in [0, 0.1) is 0 Å². The van der Waals surface area contributed by atoms with E-state index < -0.39 is 12.1 Å². The van der Waals surface area contributed by atoms with Crippen molar-refractivity contribution in [3.8, 4) is 0 Å². The highest BCUT2D eigenvalue weighted by atomic mass is 16.5. The van der Waals surface area contributed by atoms with E-state index in [9.17, 15) is 19.8 Å². The van der Waals surface area contributed by atoms with Gasteiger partial charge >= 0.3 is 5.97 Å². The lowest BCUT2D eigenvalue weighted by atomic mass is 10.0. The molecule has 3 N–H and O–H groups in total. The predicted molar refractivity (Wildman–Crippen MR) is 237 cm³/mol. The molecule has 0 aliphatic carbocycles. The number of carbonyl (C=O) groups is 2. The molecule has 0 aromatic carbocycles. The van der Waals surface area contributed by atoms with Crippen molar-refractivity contribution in [3.05, 3.63) is 12.2 Å². The second-order valence-corrected chi connectivity index (χ2v) is 16.8. The van der Waals surface area contributed by atoms with Gasteiger partial charge in [0.2, 0.25) is 5.91 Å². The van der Waals surface area contributed by atoms with Crippen molar-refractivity contribution in [2.75, 3.05) is 13.2 Å². The van der Waals surface area contributed by atoms with Crippen LogP contribution in [0.15, 0.2) is 12.2 Å². The van der Waals surface area contributed by atoms with Crippen LogP contribution in [0.25, 0.3) is 0 Å². The van der Waals surface area contributed by atoms with E-state index in [2.05, 4.69) is 31.3 Å². The van der Waals surface area contributed by atoms with E-state index in [0.29, 0.717) is 25.9 Å². The van der Waals surface area contributed by atoms with Gasteiger partial charge in [-0.25, -0.2) is 0 Å². The zero-order valence-electron chi connectivity index (χ0n) is 36.9. The number of allylic oxidation sites excluding steroid dienone is 2. The van der Waals surface area contributed by atoms with Crippen LogP contribution in [0.4, 0.5) is 0 Å². The maximum atomic E-state index is 12.4. The molecule has 0 saturated heterocycles. The Kier molecular flexibility index (Phi) is 44.2. The highest BCUT2D eigenvalue weighted by Gasteiger charge is 2.20. The second-order valence-electron chi connectivity index (χ2n) is 16.8. The molecule has 0 rings (SSSR count). The van der Waals surface area contributed by atoms with E-state index in [1.807, 2.05) is 0 Å². The fraction of sp³-hybridized carbons (Fsp3) is 0.918. The molecule has 2 unspecified atom stereocenters. The third-order valence-electron chi connectivity index (χ3n) is 11.3. The van der Waals surface area contributed by atoms with Gasteiger partial charge in [0.05, 0.1) is 25.4 Å². The molecule has 55 heavy (non-hydrogen) atoms. The fourth-order valence-corrected chi connectivity index (χ4v) is 7.51. The van der Waals surface area contributed by atoms with Crippen molar-refractivity contribution < 1.29 is 24.5 Å². The Morgan fingerprint density at radius 1 is 0.491 bits per heavy atom. The molecule has 6 nitrogen and oxygen atoms in total. The average molecular weight is 778 g/mol. The summed E-state index contributed by atoms with van der Waals surface area (Å²) < 4.78 is 5.46. The molecule has 0 spiro atoms. The minimum atomic E-state index is -0.672. The maximum Gasteiger partial charge on any atom is 0.305 e. The van der Waals surface area contributed by atoms with E-state index in [0.717, 1.165) is 57.8 Å². The highest BCUT2D eigenvalue weighted by molar-refractivity contribution is 5.76. The molecule has 0 heterocycles. The average Bonchev–Trinajstić information content (AvgIpc) is 3.18. The monoisotopic (exact) mass is 778 g/mol. The number of aliphatic hydroxyl groups excluding tert-OH is 2. The number of rotatable bonds is 45. The van der Waals surface area contributed by atoms with E-state index in [1.165, 1.54) is 173 Å². The van der Waals surface area contributed by atoms with Crippen molar-refractivity contribution >= 4 is 11.9 Å². The number of nitrogens with one attached hydrogen (secondary N) is 1. The van der Waals surface area contributed by atoms with Crippen molar-refractivity contribution in [3.63, 3.8) is 0 Å². The number of amides is 1. The van der Waals surface area contributed by atoms with Crippen LogP contribution in [-0.4, -0.2) is 47.4 Å². The Hall–Kier alpha value is -1.40. The quantitative estimate of drug-likeness (QED) is 0.0325. The van der Waals surface area contributed by atoms with Gasteiger partial charge in [0.25, 0.3) is 0 Å². The molecule has 6 heteroatoms. The predicted octanol–water partition coefficient (Wildman–Crippen LogP) is 14.2. The van der Waals surface area contributed by atoms with Gasteiger partial charge in [0.15, 0.2) is 0 Å². The van der Waals surface area contributed by atoms with Crippen molar-refractivity contribution in [2.45, 2.75) is 276 Å². The van der Waals surface area contributed by atoms with E-state index in [-0.39, 0.29) is 18.5 Å². The van der Waals surface area contributed by atoms with Gasteiger partial charge in [-0.05, 0) is 51.4 Å². The SMILES string of the molecule is CCCCCCCCC/C=C\CCCCCCCC(=O)OCCCCCCCCCCCCCCC(=O)NC(CO)C(O)CCCCCCCCCCCC. The van der Waals surface area contributed by atoms with Crippen LogP contribution in [0.3, 0.4) is 0 Å². The lowest BCUT2D eigenvalue weighted by molar-refractivity contribution is -0.143. The third-order valence-corrected chi connectivity index (χ3v) is 11.3. The number of esters is 1. The molecule has 326 valence electrons. The van der Waals surface area contributed by atoms with Crippen LogP contribution in [0.5, 0.6) is 0 Å². The van der Waals surface area contributed by atoms with Gasteiger partial charge in [-0.1, -0.05) is 212 Å². The normalized spacial score (nSPS) is 12.7. The molecule has 1 amide bonds. The minimum absolute atomic E-state index is 0.0169. The van der Waals surface area contributed by atoms with Crippen LogP contribution in [-0.2, 0) is 14.3 Å². The van der Waals surface area contributed by atoms with Crippen molar-refractivity contribution in [1.82, 2.24) is 5.32 Å². The zero-order chi connectivity index (χ0) is 40.1. The molecule has 2 atom stereocenters. The van der Waals surface area contributed by atoms with Gasteiger partial charge in [0.1, 0.15) is 0 Å². The summed E-state index contributed by atoms with van der Waals surface area (Å²) in [5.41, 5.74) is 0. The molecule has 0 radical (unpaired) electrons. The first-order valence-electron chi connectivity index (χ1n) is 24.4. The van der Waals surface area contributed by atoms with E-state index >= 15 is 0 Å². The van der Waals surface area contributed by atoms with Crippen molar-refractivity contribution in [1.29, 1.82) is 0 Å². The Morgan fingerprint density at radius 2 is 0.855 bits per heavy atom. The van der Waals surface area contributed by atoms with Gasteiger partial charge in [0, 0.05) is 12.8 Å². The number of hydrogen-bond donors (Lipinski definition) is 3. The topological polar surface area (TPSA) is 95.9 Å². The van der Waals surface area contributed by atoms with Crippen LogP contribution >= 0.6 is 0 Å². The summed E-state index contributed by atoms with van der Waals surface area (Å²) in [6, 6.07) is -0.550. The number of hydrogen-bond acceptors (Lipinski definition) is 5. The summed E-state index contributed by atoms with van der Waals surface area (Å²) in [6.07, 6.45) is 50.3. The highest BCUT2D eigenvalue weighted by Crippen LogP contribution is 2.16. The van der Waals surface area contributed by atoms with Crippen LogP contribution < -0.4 is 5.32 Å². The smallest absolute Gasteiger partial charge is 0.305 e. The summed E-state index contributed by atoms with van der Waals surface area (Å²) in [6.45, 7) is 4.90. The Bertz CT molecular complexity index is 817. The van der Waals surface area contributed by atoms with Gasteiger partial charge in [-0.2, -0.15) is 0 Å². The van der Waals surface area contributed by atoms with Crippen molar-refractivity contribution in [2.24, 2.45) is 0 Å². The first-order chi connectivity index (χ1) is 27.0. The Morgan fingerprint density at radius 3 is 1.29 bits per heavy atom. The lowest BCUT2D eigenvalue weighted by Gasteiger charge is -2.22. The molecule has 0 aromatic rings. The molecule has 0 aliphatic rings. The lowest BCUT2D eigenvalue weighted by Crippen LogP contribution is -2.45. The number of carbonyl (C=O) groups excluding carboxylic acids is 2. The summed E-state index contributed by atoms with van der Waals surface area (Å²) in [4.78, 5) is 24.4. The third kappa shape index (κ3) is 42.0. The van der Waals surface area contributed by atoms with Crippen LogP contribution in [0.1, 0.15) is 264 Å².